The van der Waals surface area contributed by atoms with Crippen molar-refractivity contribution in [1.29, 1.82) is 0 Å². The second-order valence-corrected chi connectivity index (χ2v) is 8.85. The van der Waals surface area contributed by atoms with Gasteiger partial charge in [0.15, 0.2) is 6.54 Å². The number of benzene rings is 3. The molecule has 5 heteroatoms. The molecule has 164 valence electrons. The number of rotatable bonds is 6. The third-order valence-electron chi connectivity index (χ3n) is 6.57. The van der Waals surface area contributed by atoms with Crippen molar-refractivity contribution in [2.45, 2.75) is 13.0 Å². The number of ether oxygens (including phenoxy) is 1. The van der Waals surface area contributed by atoms with E-state index in [1.165, 1.54) is 16.0 Å². The second-order valence-electron chi connectivity index (χ2n) is 8.85. The molecule has 32 heavy (non-hydrogen) atoms. The fourth-order valence-electron chi connectivity index (χ4n) is 4.83. The number of hydrogen-bond donors (Lipinski definition) is 3. The van der Waals surface area contributed by atoms with Crippen LogP contribution in [0.2, 0.25) is 0 Å². The molecule has 0 radical (unpaired) electrons. The summed E-state index contributed by atoms with van der Waals surface area (Å²) >= 11 is 0. The van der Waals surface area contributed by atoms with E-state index in [-0.39, 0.29) is 5.91 Å². The van der Waals surface area contributed by atoms with Crippen molar-refractivity contribution in [2.75, 3.05) is 44.6 Å². The molecule has 0 saturated carbocycles. The Morgan fingerprint density at radius 3 is 2.47 bits per heavy atom. The van der Waals surface area contributed by atoms with Gasteiger partial charge in [0, 0.05) is 23.2 Å². The van der Waals surface area contributed by atoms with Gasteiger partial charge >= 0.3 is 0 Å². The molecule has 1 fully saturated rings. The van der Waals surface area contributed by atoms with Crippen molar-refractivity contribution in [3.8, 4) is 16.9 Å². The highest BCUT2D eigenvalue weighted by Gasteiger charge is 2.25. The Hall–Kier alpha value is -3.15. The Morgan fingerprint density at radius 2 is 1.62 bits per heavy atom. The molecule has 0 aromatic heterocycles. The third kappa shape index (κ3) is 4.85. The Kier molecular flexibility index (Phi) is 6.19. The van der Waals surface area contributed by atoms with Gasteiger partial charge in [-0.2, -0.15) is 0 Å². The molecule has 0 spiro atoms. The lowest BCUT2D eigenvalue weighted by molar-refractivity contribution is -1.02. The van der Waals surface area contributed by atoms with Gasteiger partial charge in [-0.3, -0.25) is 4.79 Å². The smallest absolute Gasteiger partial charge is 0.279 e. The maximum atomic E-state index is 12.8. The van der Waals surface area contributed by atoms with Crippen molar-refractivity contribution in [3.05, 3.63) is 83.9 Å². The first kappa shape index (κ1) is 20.7. The van der Waals surface area contributed by atoms with E-state index in [9.17, 15) is 4.79 Å². The number of carbonyl (C=O) groups excluding carboxylic acids is 1. The van der Waals surface area contributed by atoms with Crippen LogP contribution in [0.5, 0.6) is 5.75 Å². The first-order valence-corrected chi connectivity index (χ1v) is 11.6. The molecule has 5 rings (SSSR count). The number of amides is 1. The molecule has 3 N–H and O–H groups in total. The van der Waals surface area contributed by atoms with Gasteiger partial charge in [0.2, 0.25) is 0 Å². The summed E-state index contributed by atoms with van der Waals surface area (Å²) in [6.45, 7) is 6.62. The molecule has 1 amide bonds. The Morgan fingerprint density at radius 1 is 0.875 bits per heavy atom. The number of carbonyl (C=O) groups is 1. The van der Waals surface area contributed by atoms with E-state index in [1.807, 2.05) is 36.4 Å². The van der Waals surface area contributed by atoms with E-state index in [2.05, 4.69) is 41.7 Å². The number of piperazine rings is 1. The predicted octanol–water partition coefficient (Wildman–Crippen LogP) is 1.21. The number of para-hydroxylation sites is 1. The van der Waals surface area contributed by atoms with Crippen LogP contribution in [-0.2, 0) is 17.8 Å². The molecular weight excluding hydrogens is 398 g/mol. The van der Waals surface area contributed by atoms with E-state index in [4.69, 9.17) is 4.74 Å². The molecule has 5 nitrogen and oxygen atoms in total. The minimum atomic E-state index is 0.0884. The van der Waals surface area contributed by atoms with Crippen LogP contribution in [-0.4, -0.2) is 45.2 Å². The van der Waals surface area contributed by atoms with Crippen LogP contribution in [0.3, 0.4) is 0 Å². The zero-order valence-corrected chi connectivity index (χ0v) is 18.4. The van der Waals surface area contributed by atoms with Crippen molar-refractivity contribution >= 4 is 11.6 Å². The fraction of sp³-hybridized carbons (Fsp3) is 0.296. The van der Waals surface area contributed by atoms with Gasteiger partial charge in [0.05, 0.1) is 6.61 Å². The number of hydrogen-bond acceptors (Lipinski definition) is 2. The van der Waals surface area contributed by atoms with Gasteiger partial charge in [-0.05, 0) is 35.4 Å². The lowest BCUT2D eigenvalue weighted by Gasteiger charge is -2.29. The molecular formula is C27H31N3O2+2. The summed E-state index contributed by atoms with van der Waals surface area (Å²) in [5.41, 5.74) is 5.80. The van der Waals surface area contributed by atoms with Crippen molar-refractivity contribution in [3.63, 3.8) is 0 Å². The zero-order chi connectivity index (χ0) is 21.8. The van der Waals surface area contributed by atoms with E-state index in [0.717, 1.165) is 68.3 Å². The average Bonchev–Trinajstić information content (AvgIpc) is 3.29. The van der Waals surface area contributed by atoms with Crippen LogP contribution in [0.4, 0.5) is 5.69 Å². The number of fused-ring (bicyclic) bond motifs is 1. The molecule has 0 atom stereocenters. The highest BCUT2D eigenvalue weighted by atomic mass is 16.5. The lowest BCUT2D eigenvalue weighted by atomic mass is 10.0. The van der Waals surface area contributed by atoms with Crippen LogP contribution in [0.1, 0.15) is 11.1 Å². The van der Waals surface area contributed by atoms with Crippen LogP contribution in [0, 0.1) is 0 Å². The number of quaternary nitrogens is 2. The minimum absolute atomic E-state index is 0.0884. The standard InChI is InChI=1S/C27H29N3O2/c31-27(28-25-9-5-4-8-24(25)22-6-2-1-3-7-22)20-30-15-13-29(14-16-30)19-21-10-11-26-23(18-21)12-17-32-26/h1-11,18H,12-17,19-20H2,(H,28,31)/p+2. The molecule has 1 saturated heterocycles. The topological polar surface area (TPSA) is 47.2 Å². The van der Waals surface area contributed by atoms with Gasteiger partial charge in [-0.1, -0.05) is 48.5 Å². The second kappa shape index (κ2) is 9.55. The van der Waals surface area contributed by atoms with Gasteiger partial charge in [-0.15, -0.1) is 0 Å². The molecule has 3 aromatic carbocycles. The summed E-state index contributed by atoms with van der Waals surface area (Å²) in [5, 5.41) is 3.15. The third-order valence-corrected chi connectivity index (χ3v) is 6.57. The van der Waals surface area contributed by atoms with E-state index in [0.29, 0.717) is 6.54 Å². The number of anilines is 1. The molecule has 3 aromatic rings. The summed E-state index contributed by atoms with van der Waals surface area (Å²) in [5.74, 6) is 1.14. The highest BCUT2D eigenvalue weighted by molar-refractivity contribution is 5.96. The van der Waals surface area contributed by atoms with E-state index in [1.54, 1.807) is 4.90 Å². The summed E-state index contributed by atoms with van der Waals surface area (Å²) in [6.07, 6.45) is 1.03. The minimum Gasteiger partial charge on any atom is -0.493 e. The molecule has 0 bridgehead atoms. The van der Waals surface area contributed by atoms with Gasteiger partial charge < -0.3 is 19.9 Å². The Bertz CT molecular complexity index is 1080. The highest BCUT2D eigenvalue weighted by Crippen LogP contribution is 2.27. The van der Waals surface area contributed by atoms with E-state index < -0.39 is 0 Å². The van der Waals surface area contributed by atoms with Crippen LogP contribution in [0.25, 0.3) is 11.1 Å². The molecule has 2 heterocycles. The van der Waals surface area contributed by atoms with Crippen LogP contribution >= 0.6 is 0 Å². The maximum absolute atomic E-state index is 12.8. The quantitative estimate of drug-likeness (QED) is 0.552. The van der Waals surface area contributed by atoms with Crippen molar-refractivity contribution in [2.24, 2.45) is 0 Å². The predicted molar refractivity (Wildman–Crippen MR) is 126 cm³/mol. The van der Waals surface area contributed by atoms with Crippen molar-refractivity contribution < 1.29 is 19.3 Å². The first-order chi connectivity index (χ1) is 15.7. The molecule has 0 aliphatic carbocycles. The SMILES string of the molecule is O=C(C[NH+]1CC[NH+](Cc2ccc3c(c2)CCO3)CC1)Nc1ccccc1-c1ccccc1. The average molecular weight is 430 g/mol. The molecule has 2 aliphatic rings. The van der Waals surface area contributed by atoms with E-state index >= 15 is 0 Å². The zero-order valence-electron chi connectivity index (χ0n) is 18.4. The van der Waals surface area contributed by atoms with Gasteiger partial charge in [0.25, 0.3) is 5.91 Å². The maximum Gasteiger partial charge on any atom is 0.279 e. The summed E-state index contributed by atoms with van der Waals surface area (Å²) in [7, 11) is 0. The van der Waals surface area contributed by atoms with Crippen LogP contribution in [0.15, 0.2) is 72.8 Å². The normalized spacial score (nSPS) is 19.8. The largest absolute Gasteiger partial charge is 0.493 e. The summed E-state index contributed by atoms with van der Waals surface area (Å²) in [6, 6.07) is 24.9. The fourth-order valence-corrected chi connectivity index (χ4v) is 4.83. The molecule has 2 aliphatic heterocycles. The molecule has 0 unspecified atom stereocenters. The summed E-state index contributed by atoms with van der Waals surface area (Å²) < 4.78 is 5.62. The summed E-state index contributed by atoms with van der Waals surface area (Å²) in [4.78, 5) is 15.8. The van der Waals surface area contributed by atoms with Gasteiger partial charge in [-0.25, -0.2) is 0 Å². The lowest BCUT2D eigenvalue weighted by Crippen LogP contribution is -3.28. The van der Waals surface area contributed by atoms with Crippen molar-refractivity contribution in [1.82, 2.24) is 0 Å². The Labute approximate surface area is 189 Å². The monoisotopic (exact) mass is 429 g/mol. The Balaban J connectivity index is 1.13. The number of nitrogens with one attached hydrogen (secondary N) is 3. The van der Waals surface area contributed by atoms with Gasteiger partial charge in [0.1, 0.15) is 38.5 Å². The first-order valence-electron chi connectivity index (χ1n) is 11.6. The van der Waals surface area contributed by atoms with Crippen LogP contribution < -0.4 is 19.9 Å².